The molecule has 10 heteroatoms. The molecule has 1 aliphatic rings. The van der Waals surface area contributed by atoms with Crippen LogP contribution in [0.2, 0.25) is 0 Å². The minimum atomic E-state index is -0.547. The van der Waals surface area contributed by atoms with Crippen LogP contribution in [0.3, 0.4) is 0 Å². The lowest BCUT2D eigenvalue weighted by Gasteiger charge is -2.34. The molecule has 1 aromatic carbocycles. The van der Waals surface area contributed by atoms with Gasteiger partial charge in [0.2, 0.25) is 0 Å². The number of rotatable bonds is 8. The minimum Gasteiger partial charge on any atom is -0.444 e. The Morgan fingerprint density at radius 1 is 1.18 bits per heavy atom. The van der Waals surface area contributed by atoms with Crippen molar-refractivity contribution in [3.8, 4) is 0 Å². The monoisotopic (exact) mass is 535 g/mol. The number of carbonyl (C=O) groups excluding carboxylic acids is 3. The van der Waals surface area contributed by atoms with Gasteiger partial charge < -0.3 is 30.0 Å². The van der Waals surface area contributed by atoms with Crippen LogP contribution in [-0.2, 0) is 15.9 Å². The first kappa shape index (κ1) is 28.1. The van der Waals surface area contributed by atoms with Crippen molar-refractivity contribution in [2.45, 2.75) is 51.7 Å². The van der Waals surface area contributed by atoms with Gasteiger partial charge in [0.1, 0.15) is 11.3 Å². The van der Waals surface area contributed by atoms with Gasteiger partial charge in [-0.05, 0) is 63.4 Å². The van der Waals surface area contributed by atoms with E-state index in [0.29, 0.717) is 56.8 Å². The number of aromatic amines is 1. The van der Waals surface area contributed by atoms with E-state index in [1.165, 1.54) is 13.1 Å². The van der Waals surface area contributed by atoms with Crippen LogP contribution in [0, 0.1) is 0 Å². The molecule has 1 saturated heterocycles. The van der Waals surface area contributed by atoms with Gasteiger partial charge in [0.05, 0.1) is 19.3 Å². The van der Waals surface area contributed by atoms with E-state index in [2.05, 4.69) is 20.6 Å². The van der Waals surface area contributed by atoms with Crippen molar-refractivity contribution in [2.75, 3.05) is 33.3 Å². The summed E-state index contributed by atoms with van der Waals surface area (Å²) in [5.74, 6) is -0.627. The van der Waals surface area contributed by atoms with E-state index in [1.54, 1.807) is 11.0 Å². The van der Waals surface area contributed by atoms with Crippen molar-refractivity contribution in [1.29, 1.82) is 0 Å². The Hall–Kier alpha value is -3.92. The lowest BCUT2D eigenvalue weighted by atomic mass is 10.0. The fraction of sp³-hybridized carbons (Fsp3) is 0.448. The van der Waals surface area contributed by atoms with Crippen molar-refractivity contribution in [3.63, 3.8) is 0 Å². The molecule has 0 unspecified atom stereocenters. The smallest absolute Gasteiger partial charge is 0.410 e. The van der Waals surface area contributed by atoms with Gasteiger partial charge in [0, 0.05) is 54.9 Å². The fourth-order valence-corrected chi connectivity index (χ4v) is 4.57. The predicted octanol–water partition coefficient (Wildman–Crippen LogP) is 3.66. The molecule has 0 spiro atoms. The van der Waals surface area contributed by atoms with Gasteiger partial charge in [0.25, 0.3) is 11.8 Å². The first-order valence-corrected chi connectivity index (χ1v) is 13.3. The number of pyridine rings is 1. The Bertz CT molecular complexity index is 1330. The normalized spacial score (nSPS) is 15.7. The van der Waals surface area contributed by atoms with Crippen molar-refractivity contribution in [1.82, 2.24) is 25.5 Å². The third-order valence-corrected chi connectivity index (χ3v) is 6.44. The average molecular weight is 536 g/mol. The number of hydrogen-bond acceptors (Lipinski definition) is 6. The van der Waals surface area contributed by atoms with Gasteiger partial charge in [-0.3, -0.25) is 9.59 Å². The van der Waals surface area contributed by atoms with Crippen molar-refractivity contribution in [2.24, 2.45) is 0 Å². The highest BCUT2D eigenvalue weighted by Gasteiger charge is 2.28. The van der Waals surface area contributed by atoms with Crippen LogP contribution in [0.5, 0.6) is 0 Å². The summed E-state index contributed by atoms with van der Waals surface area (Å²) in [5, 5.41) is 6.60. The number of ether oxygens (including phenoxy) is 2. The van der Waals surface area contributed by atoms with Crippen LogP contribution in [0.25, 0.3) is 10.9 Å². The third-order valence-electron chi connectivity index (χ3n) is 6.44. The molecule has 10 nitrogen and oxygen atoms in total. The van der Waals surface area contributed by atoms with Gasteiger partial charge >= 0.3 is 6.09 Å². The highest BCUT2D eigenvalue weighted by atomic mass is 16.6. The lowest BCUT2D eigenvalue weighted by molar-refractivity contribution is -0.0449. The number of amides is 3. The maximum absolute atomic E-state index is 13.0. The number of carbonyl (C=O) groups is 3. The van der Waals surface area contributed by atoms with E-state index in [-0.39, 0.29) is 29.7 Å². The molecule has 1 fully saturated rings. The summed E-state index contributed by atoms with van der Waals surface area (Å²) in [4.78, 5) is 47.2. The summed E-state index contributed by atoms with van der Waals surface area (Å²) in [5.41, 5.74) is 2.73. The molecule has 4 rings (SSSR count). The SMILES string of the molecule is CNC(=O)c1cc(C(=O)NCCC[C@H]2CN(C(=O)OC(C)(C)C)CCO2)cc(Cc2cccc3[nH]ccc23)n1. The Morgan fingerprint density at radius 2 is 2.00 bits per heavy atom. The zero-order valence-corrected chi connectivity index (χ0v) is 23.0. The van der Waals surface area contributed by atoms with E-state index in [0.717, 1.165) is 16.5 Å². The Kier molecular flexibility index (Phi) is 8.86. The van der Waals surface area contributed by atoms with Crippen molar-refractivity contribution in [3.05, 3.63) is 65.1 Å². The van der Waals surface area contributed by atoms with E-state index < -0.39 is 5.60 Å². The van der Waals surface area contributed by atoms with Gasteiger partial charge in [-0.25, -0.2) is 9.78 Å². The van der Waals surface area contributed by atoms with Gasteiger partial charge in [0.15, 0.2) is 0 Å². The number of fused-ring (bicyclic) bond motifs is 1. The van der Waals surface area contributed by atoms with Crippen LogP contribution in [-0.4, -0.2) is 77.8 Å². The largest absolute Gasteiger partial charge is 0.444 e. The first-order chi connectivity index (χ1) is 18.6. The van der Waals surface area contributed by atoms with Gasteiger partial charge in [-0.15, -0.1) is 0 Å². The summed E-state index contributed by atoms with van der Waals surface area (Å²) >= 11 is 0. The molecule has 3 heterocycles. The highest BCUT2D eigenvalue weighted by Crippen LogP contribution is 2.21. The topological polar surface area (TPSA) is 126 Å². The molecule has 0 bridgehead atoms. The molecule has 0 saturated carbocycles. The third kappa shape index (κ3) is 7.57. The summed E-state index contributed by atoms with van der Waals surface area (Å²) in [6, 6.07) is 11.2. The van der Waals surface area contributed by atoms with E-state index >= 15 is 0 Å². The second-order valence-corrected chi connectivity index (χ2v) is 10.7. The number of morpholine rings is 1. The molecule has 0 aliphatic carbocycles. The van der Waals surface area contributed by atoms with Gasteiger partial charge in [-0.1, -0.05) is 12.1 Å². The van der Waals surface area contributed by atoms with Crippen LogP contribution in [0.15, 0.2) is 42.6 Å². The first-order valence-electron chi connectivity index (χ1n) is 13.3. The maximum atomic E-state index is 13.0. The minimum absolute atomic E-state index is 0.119. The summed E-state index contributed by atoms with van der Waals surface area (Å²) in [7, 11) is 1.54. The number of H-pyrrole nitrogens is 1. The molecular formula is C29H37N5O5. The molecule has 1 atom stereocenters. The molecule has 208 valence electrons. The summed E-state index contributed by atoms with van der Waals surface area (Å²) in [6.07, 6.45) is 3.27. The van der Waals surface area contributed by atoms with Crippen molar-refractivity contribution < 1.29 is 23.9 Å². The predicted molar refractivity (Wildman–Crippen MR) is 148 cm³/mol. The number of nitrogens with one attached hydrogen (secondary N) is 3. The second-order valence-electron chi connectivity index (χ2n) is 10.7. The molecule has 1 aliphatic heterocycles. The zero-order valence-electron chi connectivity index (χ0n) is 23.0. The molecular weight excluding hydrogens is 498 g/mol. The molecule has 39 heavy (non-hydrogen) atoms. The number of benzene rings is 1. The van der Waals surface area contributed by atoms with E-state index in [4.69, 9.17) is 9.47 Å². The summed E-state index contributed by atoms with van der Waals surface area (Å²) in [6.45, 7) is 7.38. The van der Waals surface area contributed by atoms with Gasteiger partial charge in [-0.2, -0.15) is 0 Å². The highest BCUT2D eigenvalue weighted by molar-refractivity contribution is 5.98. The van der Waals surface area contributed by atoms with Crippen LogP contribution in [0.1, 0.15) is 65.7 Å². The zero-order chi connectivity index (χ0) is 28.0. The van der Waals surface area contributed by atoms with Crippen LogP contribution in [0.4, 0.5) is 4.79 Å². The van der Waals surface area contributed by atoms with E-state index in [1.807, 2.05) is 51.2 Å². The quantitative estimate of drug-likeness (QED) is 0.378. The molecule has 3 aromatic rings. The average Bonchev–Trinajstić information content (AvgIpc) is 3.40. The van der Waals surface area contributed by atoms with E-state index in [9.17, 15) is 14.4 Å². The van der Waals surface area contributed by atoms with Crippen LogP contribution < -0.4 is 10.6 Å². The Balaban J connectivity index is 1.35. The number of hydrogen-bond donors (Lipinski definition) is 3. The molecule has 0 radical (unpaired) electrons. The fourth-order valence-electron chi connectivity index (χ4n) is 4.57. The van der Waals surface area contributed by atoms with Crippen LogP contribution >= 0.6 is 0 Å². The molecule has 3 amide bonds. The number of aromatic nitrogens is 2. The standard InChI is InChI=1S/C29H37N5O5/c1-29(2,3)39-28(37)34-13-14-38-22(18-34)8-6-11-32-26(35)20-16-21(33-25(17-20)27(36)30-4)15-19-7-5-9-24-23(19)10-12-31-24/h5,7,9-10,12,16-17,22,31H,6,8,11,13-15,18H2,1-4H3,(H,30,36)(H,32,35)/t22-/m0/s1. The maximum Gasteiger partial charge on any atom is 0.410 e. The lowest BCUT2D eigenvalue weighted by Crippen LogP contribution is -2.47. The summed E-state index contributed by atoms with van der Waals surface area (Å²) < 4.78 is 11.3. The Morgan fingerprint density at radius 3 is 2.77 bits per heavy atom. The Labute approximate surface area is 228 Å². The number of nitrogens with zero attached hydrogens (tertiary/aromatic N) is 2. The second kappa shape index (κ2) is 12.3. The van der Waals surface area contributed by atoms with Crippen molar-refractivity contribution >= 4 is 28.8 Å². The molecule has 2 aromatic heterocycles. The molecule has 3 N–H and O–H groups in total.